The van der Waals surface area contributed by atoms with E-state index in [-0.39, 0.29) is 24.9 Å². The van der Waals surface area contributed by atoms with Crippen molar-refractivity contribution in [1.29, 1.82) is 0 Å². The number of benzene rings is 1. The molecule has 1 N–H and O–H groups in total. The number of aliphatic carboxylic acids is 1. The van der Waals surface area contributed by atoms with Crippen LogP contribution in [0.5, 0.6) is 0 Å². The lowest BCUT2D eigenvalue weighted by atomic mass is 9.97. The Labute approximate surface area is 159 Å². The highest BCUT2D eigenvalue weighted by atomic mass is 32.2. The number of sulfonamides is 1. The van der Waals surface area contributed by atoms with Gasteiger partial charge < -0.3 is 14.7 Å². The van der Waals surface area contributed by atoms with Gasteiger partial charge in [0, 0.05) is 26.1 Å². The fraction of sp³-hybridized carbons (Fsp3) is 0.556. The van der Waals surface area contributed by atoms with E-state index in [2.05, 4.69) is 0 Å². The van der Waals surface area contributed by atoms with Crippen LogP contribution < -0.4 is 0 Å². The first-order valence-corrected chi connectivity index (χ1v) is 10.6. The van der Waals surface area contributed by atoms with Crippen LogP contribution in [-0.2, 0) is 24.3 Å². The van der Waals surface area contributed by atoms with Crippen LogP contribution in [0.2, 0.25) is 0 Å². The van der Waals surface area contributed by atoms with Crippen LogP contribution in [0.3, 0.4) is 0 Å². The van der Waals surface area contributed by atoms with Crippen molar-refractivity contribution in [3.8, 4) is 0 Å². The smallest absolute Gasteiger partial charge is 0.318 e. The van der Waals surface area contributed by atoms with Gasteiger partial charge in [-0.05, 0) is 11.5 Å². The largest absolute Gasteiger partial charge is 0.480 e. The second kappa shape index (κ2) is 9.29. The molecule has 2 rings (SSSR count). The molecule has 27 heavy (non-hydrogen) atoms. The maximum Gasteiger partial charge on any atom is 0.318 e. The normalized spacial score (nSPS) is 19.1. The first-order valence-electron chi connectivity index (χ1n) is 8.78. The molecule has 1 heterocycles. The van der Waals surface area contributed by atoms with Crippen molar-refractivity contribution < 1.29 is 27.9 Å². The second-order valence-electron chi connectivity index (χ2n) is 6.80. The van der Waals surface area contributed by atoms with Crippen LogP contribution in [0.4, 0.5) is 0 Å². The van der Waals surface area contributed by atoms with Crippen molar-refractivity contribution in [2.75, 3.05) is 39.0 Å². The Morgan fingerprint density at radius 2 is 2.00 bits per heavy atom. The Morgan fingerprint density at radius 3 is 2.59 bits per heavy atom. The van der Waals surface area contributed by atoms with Crippen LogP contribution in [0, 0.1) is 0 Å². The molecule has 1 aromatic carbocycles. The molecule has 1 aliphatic heterocycles. The van der Waals surface area contributed by atoms with Gasteiger partial charge >= 0.3 is 5.97 Å². The first-order chi connectivity index (χ1) is 12.7. The fourth-order valence-corrected chi connectivity index (χ4v) is 3.82. The molecule has 150 valence electrons. The third-order valence-corrected chi connectivity index (χ3v) is 5.75. The van der Waals surface area contributed by atoms with Gasteiger partial charge in [-0.1, -0.05) is 37.3 Å². The summed E-state index contributed by atoms with van der Waals surface area (Å²) in [5, 5.41) is 8.91. The number of hydrogen-bond acceptors (Lipinski definition) is 5. The molecule has 0 aromatic heterocycles. The van der Waals surface area contributed by atoms with E-state index in [1.807, 2.05) is 37.3 Å². The van der Waals surface area contributed by atoms with Crippen molar-refractivity contribution in [1.82, 2.24) is 9.21 Å². The zero-order valence-electron chi connectivity index (χ0n) is 15.6. The van der Waals surface area contributed by atoms with Crippen LogP contribution >= 0.6 is 0 Å². The minimum absolute atomic E-state index is 0.0243. The molecule has 0 saturated carbocycles. The topological polar surface area (TPSA) is 104 Å². The Hall–Kier alpha value is -1.97. The summed E-state index contributed by atoms with van der Waals surface area (Å²) in [4.78, 5) is 25.2. The van der Waals surface area contributed by atoms with E-state index in [0.29, 0.717) is 19.6 Å². The standard InChI is InChI=1S/C18H26N2O6S/c1-14(15-6-4-3-5-7-15)10-17(21)19-8-9-26-16(11-19)12-20(13-18(22)23)27(2,24)25/h3-7,14,16H,8-13H2,1-2H3,(H,22,23). The number of rotatable bonds is 8. The zero-order chi connectivity index (χ0) is 20.0. The summed E-state index contributed by atoms with van der Waals surface area (Å²) in [5.74, 6) is -1.19. The molecule has 2 unspecified atom stereocenters. The number of nitrogens with zero attached hydrogens (tertiary/aromatic N) is 2. The van der Waals surface area contributed by atoms with Gasteiger partial charge in [-0.3, -0.25) is 9.59 Å². The minimum atomic E-state index is -3.68. The summed E-state index contributed by atoms with van der Waals surface area (Å²) in [6.07, 6.45) is 0.758. The maximum absolute atomic E-state index is 12.6. The molecule has 1 amide bonds. The highest BCUT2D eigenvalue weighted by Gasteiger charge is 2.30. The van der Waals surface area contributed by atoms with Crippen molar-refractivity contribution >= 4 is 21.9 Å². The van der Waals surface area contributed by atoms with Crippen molar-refractivity contribution in [2.45, 2.75) is 25.4 Å². The summed E-state index contributed by atoms with van der Waals surface area (Å²) >= 11 is 0. The third kappa shape index (κ3) is 6.60. The maximum atomic E-state index is 12.6. The van der Waals surface area contributed by atoms with Crippen LogP contribution in [0.15, 0.2) is 30.3 Å². The number of morpholine rings is 1. The summed E-state index contributed by atoms with van der Waals surface area (Å²) in [5.41, 5.74) is 1.08. The number of carbonyl (C=O) groups is 2. The number of carboxylic acids is 1. The summed E-state index contributed by atoms with van der Waals surface area (Å²) < 4.78 is 30.0. The Morgan fingerprint density at radius 1 is 1.33 bits per heavy atom. The van der Waals surface area contributed by atoms with E-state index in [9.17, 15) is 18.0 Å². The highest BCUT2D eigenvalue weighted by Crippen LogP contribution is 2.20. The van der Waals surface area contributed by atoms with E-state index in [0.717, 1.165) is 16.1 Å². The van der Waals surface area contributed by atoms with Crippen LogP contribution in [-0.4, -0.2) is 79.8 Å². The van der Waals surface area contributed by atoms with Gasteiger partial charge in [0.05, 0.1) is 19.0 Å². The minimum Gasteiger partial charge on any atom is -0.480 e. The van der Waals surface area contributed by atoms with Crippen LogP contribution in [0.25, 0.3) is 0 Å². The van der Waals surface area contributed by atoms with Gasteiger partial charge in [0.25, 0.3) is 0 Å². The molecule has 9 heteroatoms. The number of hydrogen-bond donors (Lipinski definition) is 1. The van der Waals surface area contributed by atoms with E-state index in [4.69, 9.17) is 9.84 Å². The molecule has 1 aliphatic rings. The summed E-state index contributed by atoms with van der Waals surface area (Å²) in [6.45, 7) is 2.24. The first kappa shape index (κ1) is 21.3. The SMILES string of the molecule is CC(CC(=O)N1CCOC(CN(CC(=O)O)S(C)(=O)=O)C1)c1ccccc1. The lowest BCUT2D eigenvalue weighted by molar-refractivity contribution is -0.141. The Bertz CT molecular complexity index is 752. The van der Waals surface area contributed by atoms with Gasteiger partial charge in [-0.2, -0.15) is 4.31 Å². The fourth-order valence-electron chi connectivity index (χ4n) is 3.04. The second-order valence-corrected chi connectivity index (χ2v) is 8.78. The molecule has 1 saturated heterocycles. The number of ether oxygens (including phenoxy) is 1. The molecule has 1 fully saturated rings. The predicted molar refractivity (Wildman–Crippen MR) is 99.8 cm³/mol. The Balaban J connectivity index is 1.96. The highest BCUT2D eigenvalue weighted by molar-refractivity contribution is 7.88. The number of carbonyl (C=O) groups excluding carboxylic acids is 1. The van der Waals surface area contributed by atoms with Gasteiger partial charge in [0.15, 0.2) is 0 Å². The van der Waals surface area contributed by atoms with Crippen molar-refractivity contribution in [2.24, 2.45) is 0 Å². The number of carboxylic acid groups (broad SMARTS) is 1. The molecule has 0 bridgehead atoms. The molecule has 8 nitrogen and oxygen atoms in total. The third-order valence-electron chi connectivity index (χ3n) is 4.53. The van der Waals surface area contributed by atoms with Crippen molar-refractivity contribution in [3.05, 3.63) is 35.9 Å². The van der Waals surface area contributed by atoms with E-state index in [1.165, 1.54) is 0 Å². The number of amides is 1. The van der Waals surface area contributed by atoms with E-state index < -0.39 is 28.6 Å². The van der Waals surface area contributed by atoms with Gasteiger partial charge in [-0.15, -0.1) is 0 Å². The molecular formula is C18H26N2O6S. The molecular weight excluding hydrogens is 372 g/mol. The van der Waals surface area contributed by atoms with E-state index in [1.54, 1.807) is 4.90 Å². The van der Waals surface area contributed by atoms with Gasteiger partial charge in [0.1, 0.15) is 6.54 Å². The molecule has 0 radical (unpaired) electrons. The molecule has 1 aromatic rings. The predicted octanol–water partition coefficient (Wildman–Crippen LogP) is 0.754. The zero-order valence-corrected chi connectivity index (χ0v) is 16.4. The van der Waals surface area contributed by atoms with Crippen molar-refractivity contribution in [3.63, 3.8) is 0 Å². The Kier molecular flexibility index (Phi) is 7.34. The lowest BCUT2D eigenvalue weighted by Gasteiger charge is -2.35. The molecule has 0 aliphatic carbocycles. The quantitative estimate of drug-likeness (QED) is 0.693. The average Bonchev–Trinajstić information content (AvgIpc) is 2.61. The average molecular weight is 398 g/mol. The van der Waals surface area contributed by atoms with Gasteiger partial charge in [-0.25, -0.2) is 8.42 Å². The monoisotopic (exact) mass is 398 g/mol. The van der Waals surface area contributed by atoms with Gasteiger partial charge in [0.2, 0.25) is 15.9 Å². The van der Waals surface area contributed by atoms with E-state index >= 15 is 0 Å². The summed E-state index contributed by atoms with van der Waals surface area (Å²) in [6, 6.07) is 9.76. The summed E-state index contributed by atoms with van der Waals surface area (Å²) in [7, 11) is -3.68. The molecule has 2 atom stereocenters. The van der Waals surface area contributed by atoms with Crippen LogP contribution in [0.1, 0.15) is 24.8 Å². The molecule has 0 spiro atoms. The lowest BCUT2D eigenvalue weighted by Crippen LogP contribution is -2.51.